The maximum atomic E-state index is 13.4. The topological polar surface area (TPSA) is 91.0 Å². The number of benzene rings is 1. The van der Waals surface area contributed by atoms with Crippen LogP contribution in [0.4, 0.5) is 5.69 Å². The van der Waals surface area contributed by atoms with Crippen LogP contribution in [0.2, 0.25) is 0 Å². The number of thioether (sulfide) groups is 1. The first-order valence-corrected chi connectivity index (χ1v) is 11.5. The van der Waals surface area contributed by atoms with Crippen molar-refractivity contribution in [3.63, 3.8) is 0 Å². The second kappa shape index (κ2) is 9.23. The molecule has 0 bridgehead atoms. The summed E-state index contributed by atoms with van der Waals surface area (Å²) in [6, 6.07) is 7.65. The molecule has 1 aromatic carbocycles. The first-order chi connectivity index (χ1) is 15.0. The van der Waals surface area contributed by atoms with E-state index in [9.17, 15) is 9.59 Å². The van der Waals surface area contributed by atoms with E-state index in [4.69, 9.17) is 9.72 Å². The van der Waals surface area contributed by atoms with Crippen LogP contribution in [0.1, 0.15) is 31.0 Å². The molecule has 2 aromatic heterocycles. The number of aryl methyl sites for hydroxylation is 3. The molecule has 4 rings (SSSR count). The van der Waals surface area contributed by atoms with Crippen LogP contribution in [-0.2, 0) is 22.6 Å². The predicted octanol–water partition coefficient (Wildman–Crippen LogP) is 3.14. The second-order valence-electron chi connectivity index (χ2n) is 7.75. The first-order valence-electron chi connectivity index (χ1n) is 10.5. The van der Waals surface area contributed by atoms with Gasteiger partial charge >= 0.3 is 0 Å². The van der Waals surface area contributed by atoms with Gasteiger partial charge in [0.05, 0.1) is 24.1 Å². The number of ether oxygens (including phenoxy) is 1. The van der Waals surface area contributed by atoms with Gasteiger partial charge in [0.2, 0.25) is 5.91 Å². The zero-order valence-electron chi connectivity index (χ0n) is 18.1. The number of rotatable bonds is 7. The van der Waals surface area contributed by atoms with Crippen LogP contribution >= 0.6 is 11.8 Å². The Bertz CT molecular complexity index is 1150. The van der Waals surface area contributed by atoms with E-state index < -0.39 is 0 Å². The van der Waals surface area contributed by atoms with Crippen molar-refractivity contribution >= 4 is 34.4 Å². The summed E-state index contributed by atoms with van der Waals surface area (Å²) in [4.78, 5) is 30.6. The Kier molecular flexibility index (Phi) is 6.43. The number of carbonyl (C=O) groups excluding carboxylic acids is 1. The minimum atomic E-state index is -0.146. The van der Waals surface area contributed by atoms with Gasteiger partial charge in [-0.2, -0.15) is 5.10 Å². The van der Waals surface area contributed by atoms with Gasteiger partial charge in [-0.3, -0.25) is 18.8 Å². The molecule has 1 aliphatic heterocycles. The Morgan fingerprint density at radius 2 is 2.06 bits per heavy atom. The summed E-state index contributed by atoms with van der Waals surface area (Å²) < 4.78 is 9.10. The summed E-state index contributed by atoms with van der Waals surface area (Å²) in [5, 5.41) is 7.87. The van der Waals surface area contributed by atoms with Crippen molar-refractivity contribution in [2.24, 2.45) is 0 Å². The van der Waals surface area contributed by atoms with Gasteiger partial charge < -0.3 is 10.1 Å². The van der Waals surface area contributed by atoms with Crippen LogP contribution in [0.25, 0.3) is 11.0 Å². The number of amides is 1. The number of carbonyl (C=O) groups is 1. The lowest BCUT2D eigenvalue weighted by Gasteiger charge is -2.16. The lowest BCUT2D eigenvalue weighted by atomic mass is 10.2. The lowest BCUT2D eigenvalue weighted by Crippen LogP contribution is -2.30. The van der Waals surface area contributed by atoms with Gasteiger partial charge in [-0.05, 0) is 45.7 Å². The van der Waals surface area contributed by atoms with Crippen molar-refractivity contribution in [3.8, 4) is 0 Å². The van der Waals surface area contributed by atoms with Crippen LogP contribution in [-0.4, -0.2) is 43.7 Å². The largest absolute Gasteiger partial charge is 0.376 e. The normalized spacial score (nSPS) is 16.2. The third-order valence-electron chi connectivity index (χ3n) is 5.36. The van der Waals surface area contributed by atoms with E-state index in [-0.39, 0.29) is 23.3 Å². The summed E-state index contributed by atoms with van der Waals surface area (Å²) in [6.45, 7) is 7.53. The van der Waals surface area contributed by atoms with E-state index in [1.54, 1.807) is 9.25 Å². The molecule has 9 heteroatoms. The van der Waals surface area contributed by atoms with Crippen molar-refractivity contribution < 1.29 is 9.53 Å². The highest BCUT2D eigenvalue weighted by atomic mass is 32.2. The molecule has 1 fully saturated rings. The lowest BCUT2D eigenvalue weighted by molar-refractivity contribution is -0.113. The molecular formula is C22H27N5O3S. The molecule has 1 atom stereocenters. The predicted molar refractivity (Wildman–Crippen MR) is 122 cm³/mol. The summed E-state index contributed by atoms with van der Waals surface area (Å²) in [7, 11) is 0. The van der Waals surface area contributed by atoms with Crippen LogP contribution in [0, 0.1) is 13.8 Å². The fraction of sp³-hybridized carbons (Fsp3) is 0.455. The molecule has 164 valence electrons. The van der Waals surface area contributed by atoms with Crippen molar-refractivity contribution in [1.29, 1.82) is 0 Å². The summed E-state index contributed by atoms with van der Waals surface area (Å²) >= 11 is 1.26. The molecular weight excluding hydrogens is 414 g/mol. The fourth-order valence-corrected chi connectivity index (χ4v) is 4.55. The number of nitrogens with one attached hydrogen (secondary N) is 1. The van der Waals surface area contributed by atoms with E-state index in [1.165, 1.54) is 11.8 Å². The zero-order chi connectivity index (χ0) is 22.0. The maximum Gasteiger partial charge on any atom is 0.280 e. The number of hydrogen-bond acceptors (Lipinski definition) is 6. The molecule has 0 unspecified atom stereocenters. The molecule has 3 heterocycles. The third kappa shape index (κ3) is 4.67. The van der Waals surface area contributed by atoms with Crippen molar-refractivity contribution in [1.82, 2.24) is 19.3 Å². The standard InChI is InChI=1S/C22H27N5O3S/c1-4-27-20-19(15(3)25-27)24-22(26(21(20)29)12-17-6-5-11-30-17)31-13-18(28)23-16-9-7-14(2)8-10-16/h7-10,17H,4-6,11-13H2,1-3H3,(H,23,28)/t17-/m0/s1. The number of aromatic nitrogens is 4. The quantitative estimate of drug-likeness (QED) is 0.447. The van der Waals surface area contributed by atoms with Crippen molar-refractivity contribution in [2.75, 3.05) is 17.7 Å². The molecule has 1 amide bonds. The number of hydrogen-bond donors (Lipinski definition) is 1. The monoisotopic (exact) mass is 441 g/mol. The fourth-order valence-electron chi connectivity index (χ4n) is 3.74. The van der Waals surface area contributed by atoms with Crippen molar-refractivity contribution in [3.05, 3.63) is 45.9 Å². The molecule has 8 nitrogen and oxygen atoms in total. The Morgan fingerprint density at radius 1 is 1.29 bits per heavy atom. The second-order valence-corrected chi connectivity index (χ2v) is 8.69. The SMILES string of the molecule is CCn1nc(C)c2nc(SCC(=O)Nc3ccc(C)cc3)n(C[C@@H]3CCCO3)c(=O)c21. The Labute approximate surface area is 185 Å². The van der Waals surface area contributed by atoms with E-state index in [1.807, 2.05) is 45.0 Å². The molecule has 0 aliphatic carbocycles. The molecule has 31 heavy (non-hydrogen) atoms. The smallest absolute Gasteiger partial charge is 0.280 e. The van der Waals surface area contributed by atoms with Gasteiger partial charge in [0.15, 0.2) is 10.7 Å². The van der Waals surface area contributed by atoms with Crippen LogP contribution in [0.3, 0.4) is 0 Å². The Hall–Kier alpha value is -2.65. The molecule has 0 spiro atoms. The van der Waals surface area contributed by atoms with E-state index in [0.29, 0.717) is 41.6 Å². The van der Waals surface area contributed by atoms with Crippen LogP contribution in [0.5, 0.6) is 0 Å². The summed E-state index contributed by atoms with van der Waals surface area (Å²) in [6.07, 6.45) is 1.88. The average molecular weight is 442 g/mol. The molecule has 0 saturated carbocycles. The summed E-state index contributed by atoms with van der Waals surface area (Å²) in [5.41, 5.74) is 3.55. The van der Waals surface area contributed by atoms with E-state index in [2.05, 4.69) is 10.4 Å². The molecule has 0 radical (unpaired) electrons. The molecule has 1 aliphatic rings. The highest BCUT2D eigenvalue weighted by Crippen LogP contribution is 2.23. The minimum Gasteiger partial charge on any atom is -0.376 e. The first kappa shape index (κ1) is 21.6. The highest BCUT2D eigenvalue weighted by Gasteiger charge is 2.23. The zero-order valence-corrected chi connectivity index (χ0v) is 18.9. The maximum absolute atomic E-state index is 13.4. The third-order valence-corrected chi connectivity index (χ3v) is 6.34. The van der Waals surface area contributed by atoms with Gasteiger partial charge in [0.1, 0.15) is 5.52 Å². The molecule has 1 N–H and O–H groups in total. The van der Waals surface area contributed by atoms with Gasteiger partial charge in [-0.1, -0.05) is 29.5 Å². The Balaban J connectivity index is 1.61. The van der Waals surface area contributed by atoms with Gasteiger partial charge in [-0.15, -0.1) is 0 Å². The minimum absolute atomic E-state index is 0.0169. The van der Waals surface area contributed by atoms with Gasteiger partial charge in [0.25, 0.3) is 5.56 Å². The molecule has 3 aromatic rings. The van der Waals surface area contributed by atoms with Gasteiger partial charge in [-0.25, -0.2) is 4.98 Å². The van der Waals surface area contributed by atoms with Crippen molar-refractivity contribution in [2.45, 2.75) is 58.0 Å². The Morgan fingerprint density at radius 3 is 2.74 bits per heavy atom. The number of fused-ring (bicyclic) bond motifs is 1. The molecule has 1 saturated heterocycles. The average Bonchev–Trinajstić information content (AvgIpc) is 3.38. The van der Waals surface area contributed by atoms with Crippen LogP contribution in [0.15, 0.2) is 34.2 Å². The number of anilines is 1. The van der Waals surface area contributed by atoms with E-state index >= 15 is 0 Å². The summed E-state index contributed by atoms with van der Waals surface area (Å²) in [5.74, 6) is 0.00558. The van der Waals surface area contributed by atoms with E-state index in [0.717, 1.165) is 24.1 Å². The van der Waals surface area contributed by atoms with Crippen LogP contribution < -0.4 is 10.9 Å². The van der Waals surface area contributed by atoms with Gasteiger partial charge in [0, 0.05) is 18.8 Å². The highest BCUT2D eigenvalue weighted by molar-refractivity contribution is 7.99. The number of nitrogens with zero attached hydrogens (tertiary/aromatic N) is 4.